The smallest absolute Gasteiger partial charge is 0.328 e. The first-order valence-corrected chi connectivity index (χ1v) is 6.62. The Labute approximate surface area is 120 Å². The molecule has 1 aromatic carbocycles. The number of aliphatic carboxylic acids is 1. The fourth-order valence-corrected chi connectivity index (χ4v) is 2.61. The molecule has 112 valence electrons. The van der Waals surface area contributed by atoms with Crippen LogP contribution in [0.2, 0.25) is 0 Å². The summed E-state index contributed by atoms with van der Waals surface area (Å²) >= 11 is 0. The number of fused-ring (bicyclic) bond motifs is 1. The van der Waals surface area contributed by atoms with E-state index in [1.165, 1.54) is 23.1 Å². The molecule has 0 saturated carbocycles. The number of benzene rings is 1. The monoisotopic (exact) mass is 295 g/mol. The first kappa shape index (κ1) is 13.8. The Morgan fingerprint density at radius 2 is 2.19 bits per heavy atom. The van der Waals surface area contributed by atoms with E-state index in [9.17, 15) is 14.0 Å². The van der Waals surface area contributed by atoms with Crippen molar-refractivity contribution >= 4 is 11.9 Å². The summed E-state index contributed by atoms with van der Waals surface area (Å²) < 4.78 is 23.8. The maximum absolute atomic E-state index is 13.2. The first-order chi connectivity index (χ1) is 10.1. The summed E-state index contributed by atoms with van der Waals surface area (Å²) in [5.41, 5.74) is 0.619. The topological polar surface area (TPSA) is 76.1 Å². The zero-order valence-corrected chi connectivity index (χ0v) is 11.1. The largest absolute Gasteiger partial charge is 0.480 e. The summed E-state index contributed by atoms with van der Waals surface area (Å²) in [6.07, 6.45) is -0.558. The number of carboxylic acid groups (broad SMARTS) is 1. The van der Waals surface area contributed by atoms with E-state index >= 15 is 0 Å². The van der Waals surface area contributed by atoms with Crippen LogP contribution in [0.4, 0.5) is 4.39 Å². The lowest BCUT2D eigenvalue weighted by Gasteiger charge is -2.34. The van der Waals surface area contributed by atoms with Gasteiger partial charge in [-0.15, -0.1) is 0 Å². The van der Waals surface area contributed by atoms with Crippen molar-refractivity contribution in [1.82, 2.24) is 4.90 Å². The lowest BCUT2D eigenvalue weighted by atomic mass is 10.1. The molecule has 1 N–H and O–H groups in total. The van der Waals surface area contributed by atoms with Gasteiger partial charge in [0, 0.05) is 18.5 Å². The van der Waals surface area contributed by atoms with E-state index in [1.807, 2.05) is 0 Å². The van der Waals surface area contributed by atoms with Crippen molar-refractivity contribution in [3.8, 4) is 5.75 Å². The number of halogens is 1. The summed E-state index contributed by atoms with van der Waals surface area (Å²) in [7, 11) is 0. The third-order valence-electron chi connectivity index (χ3n) is 3.67. The van der Waals surface area contributed by atoms with Gasteiger partial charge in [-0.1, -0.05) is 0 Å². The quantitative estimate of drug-likeness (QED) is 0.857. The fraction of sp³-hybridized carbons (Fsp3) is 0.429. The van der Waals surface area contributed by atoms with E-state index in [0.29, 0.717) is 17.9 Å². The van der Waals surface area contributed by atoms with E-state index in [-0.39, 0.29) is 25.4 Å². The number of morpholine rings is 1. The predicted molar refractivity (Wildman–Crippen MR) is 68.5 cm³/mol. The fourth-order valence-electron chi connectivity index (χ4n) is 2.61. The molecule has 3 rings (SSSR count). The van der Waals surface area contributed by atoms with E-state index in [2.05, 4.69) is 0 Å². The summed E-state index contributed by atoms with van der Waals surface area (Å²) in [5.74, 6) is -1.43. The van der Waals surface area contributed by atoms with Crippen molar-refractivity contribution in [3.63, 3.8) is 0 Å². The van der Waals surface area contributed by atoms with Crippen LogP contribution in [-0.2, 0) is 20.7 Å². The molecular weight excluding hydrogens is 281 g/mol. The molecule has 1 saturated heterocycles. The van der Waals surface area contributed by atoms with Gasteiger partial charge in [0.2, 0.25) is 0 Å². The van der Waals surface area contributed by atoms with E-state index in [0.717, 1.165) is 0 Å². The third-order valence-corrected chi connectivity index (χ3v) is 3.67. The van der Waals surface area contributed by atoms with Crippen LogP contribution in [0.3, 0.4) is 0 Å². The number of hydrogen-bond donors (Lipinski definition) is 1. The molecule has 0 unspecified atom stereocenters. The van der Waals surface area contributed by atoms with Gasteiger partial charge in [0.05, 0.1) is 13.2 Å². The molecule has 0 aromatic heterocycles. The maximum Gasteiger partial charge on any atom is 0.328 e. The number of ether oxygens (including phenoxy) is 2. The highest BCUT2D eigenvalue weighted by molar-refractivity contribution is 5.87. The van der Waals surface area contributed by atoms with Crippen LogP contribution in [0.5, 0.6) is 5.75 Å². The van der Waals surface area contributed by atoms with Crippen LogP contribution in [0.25, 0.3) is 0 Å². The van der Waals surface area contributed by atoms with Crippen LogP contribution in [0.15, 0.2) is 18.2 Å². The molecule has 2 aliphatic heterocycles. The number of carbonyl (C=O) groups is 2. The van der Waals surface area contributed by atoms with Gasteiger partial charge in [-0.2, -0.15) is 0 Å². The molecule has 0 radical (unpaired) electrons. The van der Waals surface area contributed by atoms with Crippen molar-refractivity contribution in [1.29, 1.82) is 0 Å². The van der Waals surface area contributed by atoms with Crippen molar-refractivity contribution in [2.24, 2.45) is 0 Å². The van der Waals surface area contributed by atoms with Crippen molar-refractivity contribution < 1.29 is 28.6 Å². The molecule has 1 aromatic rings. The summed E-state index contributed by atoms with van der Waals surface area (Å²) in [6.45, 7) is 0.472. The van der Waals surface area contributed by atoms with E-state index in [4.69, 9.17) is 14.6 Å². The number of hydrogen-bond acceptors (Lipinski definition) is 4. The van der Waals surface area contributed by atoms with Crippen molar-refractivity contribution in [2.45, 2.75) is 18.6 Å². The molecule has 2 heterocycles. The average Bonchev–Trinajstić information content (AvgIpc) is 2.89. The van der Waals surface area contributed by atoms with Crippen molar-refractivity contribution in [3.05, 3.63) is 29.6 Å². The maximum atomic E-state index is 13.2. The van der Waals surface area contributed by atoms with Gasteiger partial charge in [0.1, 0.15) is 11.6 Å². The molecule has 1 amide bonds. The standard InChI is InChI=1S/C14H14FNO5/c15-9-1-2-11-8(5-9)6-12(21-11)13(17)16-3-4-20-7-10(16)14(18)19/h1-2,5,10,12H,3-4,6-7H2,(H,18,19)/t10-,12+/m1/s1. The number of carboxylic acids is 1. The highest BCUT2D eigenvalue weighted by atomic mass is 19.1. The van der Waals surface area contributed by atoms with Crippen LogP contribution in [-0.4, -0.2) is 53.8 Å². The Morgan fingerprint density at radius 3 is 2.95 bits per heavy atom. The molecular formula is C14H14FNO5. The van der Waals surface area contributed by atoms with Crippen molar-refractivity contribution in [2.75, 3.05) is 19.8 Å². The normalized spacial score (nSPS) is 24.3. The lowest BCUT2D eigenvalue weighted by Crippen LogP contribution is -2.56. The second kappa shape index (κ2) is 5.33. The van der Waals surface area contributed by atoms with Crippen LogP contribution in [0, 0.1) is 5.82 Å². The number of rotatable bonds is 2. The Balaban J connectivity index is 1.76. The first-order valence-electron chi connectivity index (χ1n) is 6.62. The van der Waals surface area contributed by atoms with Crippen LogP contribution < -0.4 is 4.74 Å². The Bertz CT molecular complexity index is 591. The van der Waals surface area contributed by atoms with Gasteiger partial charge >= 0.3 is 5.97 Å². The number of nitrogens with zero attached hydrogens (tertiary/aromatic N) is 1. The minimum atomic E-state index is -1.11. The second-order valence-corrected chi connectivity index (χ2v) is 5.02. The van der Waals surface area contributed by atoms with E-state index in [1.54, 1.807) is 0 Å². The third kappa shape index (κ3) is 2.56. The molecule has 0 bridgehead atoms. The Morgan fingerprint density at radius 1 is 1.38 bits per heavy atom. The zero-order valence-electron chi connectivity index (χ0n) is 11.1. The summed E-state index contributed by atoms with van der Waals surface area (Å²) in [5, 5.41) is 9.15. The Hall–Kier alpha value is -2.15. The van der Waals surface area contributed by atoms with Crippen LogP contribution in [0.1, 0.15) is 5.56 Å². The van der Waals surface area contributed by atoms with Gasteiger partial charge in [-0.25, -0.2) is 9.18 Å². The predicted octanol–water partition coefficient (Wildman–Crippen LogP) is 0.441. The molecule has 7 heteroatoms. The zero-order chi connectivity index (χ0) is 15.0. The number of amides is 1. The molecule has 21 heavy (non-hydrogen) atoms. The number of carbonyl (C=O) groups excluding carboxylic acids is 1. The van der Waals surface area contributed by atoms with Crippen LogP contribution >= 0.6 is 0 Å². The summed E-state index contributed by atoms with van der Waals surface area (Å²) in [6, 6.07) is 3.07. The molecule has 1 fully saturated rings. The molecule has 2 atom stereocenters. The van der Waals surface area contributed by atoms with E-state index < -0.39 is 24.0 Å². The minimum Gasteiger partial charge on any atom is -0.480 e. The lowest BCUT2D eigenvalue weighted by molar-refractivity contribution is -0.161. The van der Waals surface area contributed by atoms with Gasteiger partial charge in [-0.3, -0.25) is 4.79 Å². The average molecular weight is 295 g/mol. The summed E-state index contributed by atoms with van der Waals surface area (Å²) in [4.78, 5) is 24.9. The molecule has 0 spiro atoms. The minimum absolute atomic E-state index is 0.0324. The second-order valence-electron chi connectivity index (χ2n) is 5.02. The molecule has 0 aliphatic carbocycles. The van der Waals surface area contributed by atoms with Gasteiger partial charge in [0.25, 0.3) is 5.91 Å². The highest BCUT2D eigenvalue weighted by Gasteiger charge is 2.39. The van der Waals surface area contributed by atoms with Gasteiger partial charge < -0.3 is 19.5 Å². The Kier molecular flexibility index (Phi) is 3.50. The highest BCUT2D eigenvalue weighted by Crippen LogP contribution is 2.30. The van der Waals surface area contributed by atoms with Gasteiger partial charge in [0.15, 0.2) is 12.1 Å². The molecule has 2 aliphatic rings. The SMILES string of the molecule is O=C(O)[C@H]1COCCN1C(=O)[C@@H]1Cc2cc(F)ccc2O1. The molecule has 6 nitrogen and oxygen atoms in total. The van der Waals surface area contributed by atoms with Gasteiger partial charge in [-0.05, 0) is 18.2 Å².